The van der Waals surface area contributed by atoms with Crippen molar-refractivity contribution in [3.05, 3.63) is 29.8 Å². The van der Waals surface area contributed by atoms with Crippen molar-refractivity contribution in [2.24, 2.45) is 0 Å². The smallest absolute Gasteiger partial charge is 0.407 e. The SMILES string of the molecule is CCc1ccccc1NC(=O)CN1CCN(C(=O)CCCNC(=O)OC(C)(C)C)CC1. The van der Waals surface area contributed by atoms with Crippen molar-refractivity contribution < 1.29 is 19.1 Å². The van der Waals surface area contributed by atoms with Gasteiger partial charge in [-0.3, -0.25) is 14.5 Å². The fourth-order valence-corrected chi connectivity index (χ4v) is 3.40. The summed E-state index contributed by atoms with van der Waals surface area (Å²) in [7, 11) is 0. The van der Waals surface area contributed by atoms with Crippen LogP contribution in [0.15, 0.2) is 24.3 Å². The first-order valence-corrected chi connectivity index (χ1v) is 11.0. The molecule has 0 bridgehead atoms. The van der Waals surface area contributed by atoms with Crippen LogP contribution in [0.1, 0.15) is 46.1 Å². The Morgan fingerprint density at radius 3 is 2.39 bits per heavy atom. The second-order valence-electron chi connectivity index (χ2n) is 8.75. The molecular weight excluding hydrogens is 396 g/mol. The average Bonchev–Trinajstić information content (AvgIpc) is 2.70. The van der Waals surface area contributed by atoms with Crippen LogP contribution in [0.5, 0.6) is 0 Å². The number of alkyl carbamates (subject to hydrolysis) is 1. The number of nitrogens with zero attached hydrogens (tertiary/aromatic N) is 2. The topological polar surface area (TPSA) is 91.0 Å². The molecule has 31 heavy (non-hydrogen) atoms. The van der Waals surface area contributed by atoms with Crippen LogP contribution in [0.2, 0.25) is 0 Å². The van der Waals surface area contributed by atoms with Crippen molar-refractivity contribution in [3.8, 4) is 0 Å². The van der Waals surface area contributed by atoms with E-state index in [1.54, 1.807) is 0 Å². The Labute approximate surface area is 185 Å². The number of nitrogens with one attached hydrogen (secondary N) is 2. The van der Waals surface area contributed by atoms with Gasteiger partial charge in [-0.25, -0.2) is 4.79 Å². The third kappa shape index (κ3) is 8.96. The molecule has 0 unspecified atom stereocenters. The summed E-state index contributed by atoms with van der Waals surface area (Å²) >= 11 is 0. The van der Waals surface area contributed by atoms with E-state index in [1.807, 2.05) is 49.9 Å². The van der Waals surface area contributed by atoms with Crippen LogP contribution in [-0.2, 0) is 20.7 Å². The van der Waals surface area contributed by atoms with Gasteiger partial charge in [0.15, 0.2) is 0 Å². The van der Waals surface area contributed by atoms with Gasteiger partial charge >= 0.3 is 6.09 Å². The molecule has 0 aromatic heterocycles. The predicted octanol–water partition coefficient (Wildman–Crippen LogP) is 2.64. The minimum atomic E-state index is -0.532. The quantitative estimate of drug-likeness (QED) is 0.617. The van der Waals surface area contributed by atoms with Crippen LogP contribution < -0.4 is 10.6 Å². The Kier molecular flexibility index (Phi) is 9.30. The standard InChI is InChI=1S/C23H36N4O4/c1-5-18-9-6-7-10-19(18)25-20(28)17-26-13-15-27(16-14-26)21(29)11-8-12-24-22(30)31-23(2,3)4/h6-7,9-10H,5,8,11-17H2,1-4H3,(H,24,30)(H,25,28). The second-order valence-corrected chi connectivity index (χ2v) is 8.75. The molecule has 1 fully saturated rings. The summed E-state index contributed by atoms with van der Waals surface area (Å²) in [5, 5.41) is 5.66. The number of carbonyl (C=O) groups is 3. The van der Waals surface area contributed by atoms with E-state index in [1.165, 1.54) is 0 Å². The third-order valence-corrected chi connectivity index (χ3v) is 5.00. The summed E-state index contributed by atoms with van der Waals surface area (Å²) in [4.78, 5) is 40.3. The van der Waals surface area contributed by atoms with Gasteiger partial charge in [0.05, 0.1) is 6.54 Å². The Hall–Kier alpha value is -2.61. The summed E-state index contributed by atoms with van der Waals surface area (Å²) in [6, 6.07) is 7.83. The molecule has 1 aliphatic heterocycles. The molecule has 0 atom stereocenters. The van der Waals surface area contributed by atoms with Gasteiger partial charge in [0.1, 0.15) is 5.60 Å². The van der Waals surface area contributed by atoms with Crippen LogP contribution in [0, 0.1) is 0 Å². The molecule has 1 aromatic rings. The van der Waals surface area contributed by atoms with Gasteiger partial charge in [-0.2, -0.15) is 0 Å². The highest BCUT2D eigenvalue weighted by Gasteiger charge is 2.22. The normalized spacial score (nSPS) is 14.8. The first kappa shape index (κ1) is 24.7. The molecule has 2 rings (SSSR count). The van der Waals surface area contributed by atoms with Crippen LogP contribution in [0.4, 0.5) is 10.5 Å². The molecule has 0 spiro atoms. The monoisotopic (exact) mass is 432 g/mol. The number of hydrogen-bond donors (Lipinski definition) is 2. The molecule has 8 heteroatoms. The van der Waals surface area contributed by atoms with Crippen LogP contribution in [0.25, 0.3) is 0 Å². The second kappa shape index (κ2) is 11.7. The lowest BCUT2D eigenvalue weighted by Crippen LogP contribution is -2.50. The molecule has 1 heterocycles. The maximum atomic E-state index is 12.4. The summed E-state index contributed by atoms with van der Waals surface area (Å²) in [6.45, 7) is 10.8. The molecule has 0 saturated carbocycles. The van der Waals surface area contributed by atoms with Crippen molar-refractivity contribution in [2.75, 3.05) is 44.6 Å². The molecule has 2 N–H and O–H groups in total. The number of para-hydroxylation sites is 1. The van der Waals surface area contributed by atoms with Gasteiger partial charge in [0, 0.05) is 44.8 Å². The number of ether oxygens (including phenoxy) is 1. The fourth-order valence-electron chi connectivity index (χ4n) is 3.40. The minimum Gasteiger partial charge on any atom is -0.444 e. The lowest BCUT2D eigenvalue weighted by Gasteiger charge is -2.34. The average molecular weight is 433 g/mol. The van der Waals surface area contributed by atoms with Crippen molar-refractivity contribution >= 4 is 23.6 Å². The number of piperazine rings is 1. The Morgan fingerprint density at radius 1 is 1.06 bits per heavy atom. The van der Waals surface area contributed by atoms with Crippen molar-refractivity contribution in [1.29, 1.82) is 0 Å². The zero-order valence-electron chi connectivity index (χ0n) is 19.2. The summed E-state index contributed by atoms with van der Waals surface area (Å²) in [5.41, 5.74) is 1.45. The molecular formula is C23H36N4O4. The summed E-state index contributed by atoms with van der Waals surface area (Å²) < 4.78 is 5.17. The van der Waals surface area contributed by atoms with Crippen molar-refractivity contribution in [3.63, 3.8) is 0 Å². The van der Waals surface area contributed by atoms with Gasteiger partial charge in [-0.15, -0.1) is 0 Å². The molecule has 3 amide bonds. The Morgan fingerprint density at radius 2 is 1.74 bits per heavy atom. The number of rotatable bonds is 8. The zero-order valence-corrected chi connectivity index (χ0v) is 19.2. The lowest BCUT2D eigenvalue weighted by atomic mass is 10.1. The highest BCUT2D eigenvalue weighted by Crippen LogP contribution is 2.15. The van der Waals surface area contributed by atoms with E-state index in [0.717, 1.165) is 17.7 Å². The van der Waals surface area contributed by atoms with E-state index in [0.29, 0.717) is 52.1 Å². The van der Waals surface area contributed by atoms with E-state index in [-0.39, 0.29) is 11.8 Å². The highest BCUT2D eigenvalue weighted by molar-refractivity contribution is 5.93. The lowest BCUT2D eigenvalue weighted by molar-refractivity contribution is -0.133. The first-order valence-electron chi connectivity index (χ1n) is 11.0. The van der Waals surface area contributed by atoms with E-state index in [9.17, 15) is 14.4 Å². The molecule has 1 saturated heterocycles. The van der Waals surface area contributed by atoms with Crippen LogP contribution in [-0.4, -0.2) is 72.6 Å². The van der Waals surface area contributed by atoms with Gasteiger partial charge in [-0.05, 0) is 45.2 Å². The summed E-state index contributed by atoms with van der Waals surface area (Å²) in [5.74, 6) is 0.0425. The first-order chi connectivity index (χ1) is 14.7. The molecule has 1 aromatic carbocycles. The van der Waals surface area contributed by atoms with Gasteiger partial charge < -0.3 is 20.3 Å². The van der Waals surface area contributed by atoms with E-state index in [4.69, 9.17) is 4.74 Å². The van der Waals surface area contributed by atoms with Gasteiger partial charge in [-0.1, -0.05) is 25.1 Å². The Bertz CT molecular complexity index is 752. The number of anilines is 1. The van der Waals surface area contributed by atoms with Crippen molar-refractivity contribution in [1.82, 2.24) is 15.1 Å². The molecule has 0 aliphatic carbocycles. The van der Waals surface area contributed by atoms with Crippen molar-refractivity contribution in [2.45, 2.75) is 52.6 Å². The minimum absolute atomic E-state index is 0.0334. The third-order valence-electron chi connectivity index (χ3n) is 5.00. The number of benzene rings is 1. The van der Waals surface area contributed by atoms with E-state index >= 15 is 0 Å². The maximum Gasteiger partial charge on any atom is 0.407 e. The highest BCUT2D eigenvalue weighted by atomic mass is 16.6. The van der Waals surface area contributed by atoms with Gasteiger partial charge in [0.2, 0.25) is 11.8 Å². The maximum absolute atomic E-state index is 12.4. The molecule has 172 valence electrons. The predicted molar refractivity (Wildman–Crippen MR) is 121 cm³/mol. The molecule has 8 nitrogen and oxygen atoms in total. The molecule has 0 radical (unpaired) electrons. The number of aryl methyl sites for hydroxylation is 1. The summed E-state index contributed by atoms with van der Waals surface area (Å²) in [6.07, 6.45) is 1.35. The fraction of sp³-hybridized carbons (Fsp3) is 0.609. The van der Waals surface area contributed by atoms with Crippen LogP contribution >= 0.6 is 0 Å². The number of carbonyl (C=O) groups excluding carboxylic acids is 3. The van der Waals surface area contributed by atoms with E-state index < -0.39 is 11.7 Å². The number of hydrogen-bond acceptors (Lipinski definition) is 5. The number of amides is 3. The molecule has 1 aliphatic rings. The van der Waals surface area contributed by atoms with Gasteiger partial charge in [0.25, 0.3) is 0 Å². The van der Waals surface area contributed by atoms with E-state index in [2.05, 4.69) is 22.5 Å². The largest absolute Gasteiger partial charge is 0.444 e. The zero-order chi connectivity index (χ0) is 22.9. The van der Waals surface area contributed by atoms with Crippen LogP contribution in [0.3, 0.4) is 0 Å². The Balaban J connectivity index is 1.64.